The molecule has 10 heavy (non-hydrogen) atoms. The smallest absolute Gasteiger partial charge is 0.290 e. The topological polar surface area (TPSA) is 56.7 Å². The number of nitrogens with zero attached hydrogens (tertiary/aromatic N) is 4. The molecule has 0 fully saturated rings. The zero-order valence-electron chi connectivity index (χ0n) is 5.01. The minimum absolute atomic E-state index is 0.449. The Morgan fingerprint density at radius 3 is 3.10 bits per heavy atom. The quantitative estimate of drug-likeness (QED) is 0.564. The highest BCUT2D eigenvalue weighted by Crippen LogP contribution is 1.94. The fourth-order valence-electron chi connectivity index (χ4n) is 0.653. The van der Waals surface area contributed by atoms with E-state index in [1.807, 2.05) is 0 Å². The van der Waals surface area contributed by atoms with Crippen LogP contribution in [-0.2, 0) is 0 Å². The third-order valence-electron chi connectivity index (χ3n) is 1.06. The van der Waals surface area contributed by atoms with Crippen molar-refractivity contribution in [2.24, 2.45) is 0 Å². The van der Waals surface area contributed by atoms with Crippen LogP contribution in [0.3, 0.4) is 0 Å². The van der Waals surface area contributed by atoms with E-state index in [0.717, 1.165) is 0 Å². The monoisotopic (exact) mass is 136 g/mol. The van der Waals surface area contributed by atoms with Crippen molar-refractivity contribution in [3.63, 3.8) is 0 Å². The van der Waals surface area contributed by atoms with Gasteiger partial charge in [-0.1, -0.05) is 0 Å². The van der Waals surface area contributed by atoms with Gasteiger partial charge in [-0.25, -0.2) is 4.68 Å². The molecule has 2 rings (SSSR count). The second-order valence-corrected chi connectivity index (χ2v) is 1.68. The van der Waals surface area contributed by atoms with Crippen molar-refractivity contribution in [1.82, 2.24) is 19.9 Å². The Balaban J connectivity index is 2.48. The molecule has 0 bridgehead atoms. The highest BCUT2D eigenvalue weighted by Gasteiger charge is 1.97. The van der Waals surface area contributed by atoms with Crippen molar-refractivity contribution in [2.75, 3.05) is 0 Å². The fourth-order valence-corrected chi connectivity index (χ4v) is 0.653. The van der Waals surface area contributed by atoms with E-state index < -0.39 is 0 Å². The molecule has 0 aliphatic carbocycles. The van der Waals surface area contributed by atoms with Crippen LogP contribution >= 0.6 is 0 Å². The first-order valence-corrected chi connectivity index (χ1v) is 2.73. The summed E-state index contributed by atoms with van der Waals surface area (Å²) in [4.78, 5) is 3.78. The molecule has 50 valence electrons. The van der Waals surface area contributed by atoms with Gasteiger partial charge in [0.1, 0.15) is 0 Å². The normalized spacial score (nSPS) is 10.0. The zero-order valence-corrected chi connectivity index (χ0v) is 5.01. The van der Waals surface area contributed by atoms with E-state index >= 15 is 0 Å². The van der Waals surface area contributed by atoms with Crippen LogP contribution in [0.2, 0.25) is 0 Å². The number of hydrogen-bond donors (Lipinski definition) is 0. The Hall–Kier alpha value is -1.65. The lowest BCUT2D eigenvalue weighted by Gasteiger charge is -1.86. The SMILES string of the molecule is c1cnn(-c2ncon2)c1. The van der Waals surface area contributed by atoms with Gasteiger partial charge in [-0.3, -0.25) is 0 Å². The van der Waals surface area contributed by atoms with Crippen molar-refractivity contribution in [3.8, 4) is 5.95 Å². The first-order valence-electron chi connectivity index (χ1n) is 2.73. The average Bonchev–Trinajstić information content (AvgIpc) is 2.59. The molecular formula is C5H4N4O. The Morgan fingerprint density at radius 1 is 1.50 bits per heavy atom. The zero-order chi connectivity index (χ0) is 6.81. The van der Waals surface area contributed by atoms with Crippen LogP contribution < -0.4 is 0 Å². The van der Waals surface area contributed by atoms with Crippen LogP contribution in [0.4, 0.5) is 0 Å². The van der Waals surface area contributed by atoms with Crippen LogP contribution in [0.15, 0.2) is 29.4 Å². The van der Waals surface area contributed by atoms with Crippen LogP contribution in [-0.4, -0.2) is 19.9 Å². The molecule has 5 nitrogen and oxygen atoms in total. The van der Waals surface area contributed by atoms with Crippen LogP contribution in [0.25, 0.3) is 5.95 Å². The van der Waals surface area contributed by atoms with Gasteiger partial charge in [0.2, 0.25) is 6.39 Å². The molecule has 0 saturated heterocycles. The predicted molar refractivity (Wildman–Crippen MR) is 31.4 cm³/mol. The highest BCUT2D eigenvalue weighted by atomic mass is 16.5. The van der Waals surface area contributed by atoms with Gasteiger partial charge in [0, 0.05) is 12.4 Å². The maximum atomic E-state index is 4.52. The van der Waals surface area contributed by atoms with E-state index in [4.69, 9.17) is 0 Å². The summed E-state index contributed by atoms with van der Waals surface area (Å²) in [5, 5.41) is 7.46. The molecule has 0 aliphatic heterocycles. The minimum atomic E-state index is 0.449. The highest BCUT2D eigenvalue weighted by molar-refractivity contribution is 5.02. The molecule has 0 saturated carbocycles. The molecular weight excluding hydrogens is 132 g/mol. The van der Waals surface area contributed by atoms with E-state index in [0.29, 0.717) is 5.95 Å². The number of aromatic nitrogens is 4. The molecule has 0 amide bonds. The average molecular weight is 136 g/mol. The molecule has 0 atom stereocenters. The van der Waals surface area contributed by atoms with Gasteiger partial charge in [-0.05, 0) is 11.2 Å². The Kier molecular flexibility index (Phi) is 1.00. The number of rotatable bonds is 1. The molecule has 0 aliphatic rings. The van der Waals surface area contributed by atoms with Gasteiger partial charge < -0.3 is 4.52 Å². The summed E-state index contributed by atoms with van der Waals surface area (Å²) >= 11 is 0. The van der Waals surface area contributed by atoms with Crippen LogP contribution in [0.1, 0.15) is 0 Å². The molecule has 0 radical (unpaired) electrons. The van der Waals surface area contributed by atoms with Gasteiger partial charge in [-0.15, -0.1) is 0 Å². The second-order valence-electron chi connectivity index (χ2n) is 1.68. The Bertz CT molecular complexity index is 253. The summed E-state index contributed by atoms with van der Waals surface area (Å²) in [6.07, 6.45) is 4.65. The van der Waals surface area contributed by atoms with E-state index in [2.05, 4.69) is 19.8 Å². The fraction of sp³-hybridized carbons (Fsp3) is 0. The van der Waals surface area contributed by atoms with Crippen molar-refractivity contribution in [1.29, 1.82) is 0 Å². The number of hydrogen-bond acceptors (Lipinski definition) is 4. The van der Waals surface area contributed by atoms with Crippen molar-refractivity contribution in [3.05, 3.63) is 24.9 Å². The maximum absolute atomic E-state index is 4.52. The molecule has 0 unspecified atom stereocenters. The third-order valence-corrected chi connectivity index (χ3v) is 1.06. The van der Waals surface area contributed by atoms with Crippen LogP contribution in [0, 0.1) is 0 Å². The lowest BCUT2D eigenvalue weighted by Crippen LogP contribution is -1.95. The summed E-state index contributed by atoms with van der Waals surface area (Å²) in [6.45, 7) is 0. The largest absolute Gasteiger partial charge is 0.341 e. The molecule has 0 spiro atoms. The first kappa shape index (κ1) is 5.16. The van der Waals surface area contributed by atoms with Gasteiger partial charge in [0.05, 0.1) is 0 Å². The van der Waals surface area contributed by atoms with Gasteiger partial charge in [0.25, 0.3) is 5.95 Å². The van der Waals surface area contributed by atoms with Crippen molar-refractivity contribution in [2.45, 2.75) is 0 Å². The summed E-state index contributed by atoms with van der Waals surface area (Å²) in [5.41, 5.74) is 0. The van der Waals surface area contributed by atoms with Crippen LogP contribution in [0.5, 0.6) is 0 Å². The van der Waals surface area contributed by atoms with E-state index in [1.165, 1.54) is 11.1 Å². The summed E-state index contributed by atoms with van der Waals surface area (Å²) in [6, 6.07) is 1.79. The van der Waals surface area contributed by atoms with Gasteiger partial charge in [-0.2, -0.15) is 10.1 Å². The third kappa shape index (κ3) is 0.680. The molecule has 5 heteroatoms. The van der Waals surface area contributed by atoms with E-state index in [-0.39, 0.29) is 0 Å². The minimum Gasteiger partial charge on any atom is -0.341 e. The first-order chi connectivity index (χ1) is 4.97. The predicted octanol–water partition coefficient (Wildman–Crippen LogP) is 0.255. The van der Waals surface area contributed by atoms with E-state index in [1.54, 1.807) is 18.5 Å². The van der Waals surface area contributed by atoms with E-state index in [9.17, 15) is 0 Å². The lowest BCUT2D eigenvalue weighted by atomic mass is 10.7. The Morgan fingerprint density at radius 2 is 2.50 bits per heavy atom. The second kappa shape index (κ2) is 1.94. The molecule has 2 aromatic rings. The lowest BCUT2D eigenvalue weighted by molar-refractivity contribution is 0.412. The molecule has 0 N–H and O–H groups in total. The van der Waals surface area contributed by atoms with Crippen molar-refractivity contribution < 1.29 is 4.52 Å². The summed E-state index contributed by atoms with van der Waals surface area (Å²) in [5.74, 6) is 0.449. The Labute approximate surface area is 56.3 Å². The summed E-state index contributed by atoms with van der Waals surface area (Å²) < 4.78 is 6.03. The molecule has 2 aromatic heterocycles. The standard InChI is InChI=1S/C5H4N4O/c1-2-7-9(3-1)5-6-4-10-8-5/h1-4H. The van der Waals surface area contributed by atoms with Gasteiger partial charge >= 0.3 is 0 Å². The molecule has 0 aromatic carbocycles. The van der Waals surface area contributed by atoms with Gasteiger partial charge in [0.15, 0.2) is 0 Å². The summed E-state index contributed by atoms with van der Waals surface area (Å²) in [7, 11) is 0. The van der Waals surface area contributed by atoms with Crippen molar-refractivity contribution >= 4 is 0 Å². The maximum Gasteiger partial charge on any atom is 0.290 e. The molecule has 2 heterocycles.